The Morgan fingerprint density at radius 3 is 2.56 bits per heavy atom. The molecule has 1 atom stereocenters. The molecular formula is C22H16F5N3O6. The van der Waals surface area contributed by atoms with E-state index < -0.39 is 65.9 Å². The first-order chi connectivity index (χ1) is 16.9. The third-order valence-electron chi connectivity index (χ3n) is 5.38. The van der Waals surface area contributed by atoms with Gasteiger partial charge in [-0.25, -0.2) is 13.6 Å². The zero-order valence-corrected chi connectivity index (χ0v) is 18.1. The summed E-state index contributed by atoms with van der Waals surface area (Å²) in [7, 11) is 0. The van der Waals surface area contributed by atoms with Gasteiger partial charge in [0.2, 0.25) is 11.8 Å². The van der Waals surface area contributed by atoms with Crippen molar-refractivity contribution in [3.63, 3.8) is 0 Å². The lowest BCUT2D eigenvalue weighted by Crippen LogP contribution is -2.52. The van der Waals surface area contributed by atoms with Crippen LogP contribution in [-0.4, -0.2) is 41.1 Å². The number of carbonyl (C=O) groups excluding carboxylic acids is 4. The molecule has 14 heteroatoms. The molecule has 2 aromatic rings. The molecule has 2 aliphatic rings. The Labute approximate surface area is 199 Å². The molecule has 2 aliphatic heterocycles. The van der Waals surface area contributed by atoms with E-state index in [1.807, 2.05) is 5.32 Å². The van der Waals surface area contributed by atoms with Crippen LogP contribution in [0.1, 0.15) is 34.3 Å². The number of fused-ring (bicyclic) bond motifs is 1. The van der Waals surface area contributed by atoms with Gasteiger partial charge in [0.15, 0.2) is 0 Å². The SMILES string of the molecule is O=C1CCC(N2Cc3c(F)cc(COC(=O)Nc4cc(F)cc(OC(F)(F)F)c4)cc3C2=O)C(=O)N1. The Kier molecular flexibility index (Phi) is 6.52. The summed E-state index contributed by atoms with van der Waals surface area (Å²) in [5, 5.41) is 4.16. The van der Waals surface area contributed by atoms with E-state index in [1.54, 1.807) is 0 Å². The van der Waals surface area contributed by atoms with E-state index >= 15 is 0 Å². The van der Waals surface area contributed by atoms with Crippen molar-refractivity contribution >= 4 is 29.5 Å². The van der Waals surface area contributed by atoms with Crippen LogP contribution in [0.2, 0.25) is 0 Å². The minimum absolute atomic E-state index is 0.0301. The fourth-order valence-corrected chi connectivity index (χ4v) is 3.89. The molecule has 1 saturated heterocycles. The molecule has 0 aromatic heterocycles. The Morgan fingerprint density at radius 2 is 1.86 bits per heavy atom. The summed E-state index contributed by atoms with van der Waals surface area (Å²) >= 11 is 0. The number of rotatable bonds is 5. The van der Waals surface area contributed by atoms with Gasteiger partial charge in [-0.2, -0.15) is 0 Å². The monoisotopic (exact) mass is 513 g/mol. The lowest BCUT2D eigenvalue weighted by atomic mass is 10.0. The number of nitrogens with zero attached hydrogens (tertiary/aromatic N) is 1. The lowest BCUT2D eigenvalue weighted by molar-refractivity contribution is -0.274. The number of halogens is 5. The van der Waals surface area contributed by atoms with Crippen molar-refractivity contribution in [1.82, 2.24) is 10.2 Å². The summed E-state index contributed by atoms with van der Waals surface area (Å²) in [6.07, 6.45) is -6.15. The van der Waals surface area contributed by atoms with Crippen LogP contribution in [0.4, 0.5) is 32.4 Å². The fraction of sp³-hybridized carbons (Fsp3) is 0.273. The van der Waals surface area contributed by atoms with Crippen molar-refractivity contribution in [2.75, 3.05) is 5.32 Å². The van der Waals surface area contributed by atoms with Gasteiger partial charge in [0.25, 0.3) is 5.91 Å². The molecule has 4 amide bonds. The molecule has 2 heterocycles. The van der Waals surface area contributed by atoms with E-state index in [0.717, 1.165) is 23.1 Å². The fourth-order valence-electron chi connectivity index (χ4n) is 3.89. The van der Waals surface area contributed by atoms with Crippen LogP contribution in [0.15, 0.2) is 30.3 Å². The number of hydrogen-bond acceptors (Lipinski definition) is 6. The highest BCUT2D eigenvalue weighted by Gasteiger charge is 2.40. The predicted octanol–water partition coefficient (Wildman–Crippen LogP) is 3.37. The van der Waals surface area contributed by atoms with E-state index in [9.17, 15) is 41.1 Å². The molecule has 1 fully saturated rings. The number of benzene rings is 2. The highest BCUT2D eigenvalue weighted by molar-refractivity contribution is 6.05. The van der Waals surface area contributed by atoms with Crippen LogP contribution in [0, 0.1) is 11.6 Å². The maximum Gasteiger partial charge on any atom is 0.573 e. The summed E-state index contributed by atoms with van der Waals surface area (Å²) < 4.78 is 73.8. The molecule has 0 spiro atoms. The van der Waals surface area contributed by atoms with Gasteiger partial charge in [0, 0.05) is 29.7 Å². The zero-order chi connectivity index (χ0) is 26.2. The first kappa shape index (κ1) is 24.9. The number of piperidine rings is 1. The molecular weight excluding hydrogens is 497 g/mol. The predicted molar refractivity (Wildman–Crippen MR) is 109 cm³/mol. The first-order valence-corrected chi connectivity index (χ1v) is 10.4. The van der Waals surface area contributed by atoms with E-state index in [-0.39, 0.29) is 36.1 Å². The molecule has 9 nitrogen and oxygen atoms in total. The van der Waals surface area contributed by atoms with Crippen LogP contribution >= 0.6 is 0 Å². The number of amides is 4. The molecule has 0 radical (unpaired) electrons. The van der Waals surface area contributed by atoms with Crippen LogP contribution < -0.4 is 15.4 Å². The molecule has 0 aliphatic carbocycles. The molecule has 1 unspecified atom stereocenters. The normalized spacial score (nSPS) is 17.5. The Balaban J connectivity index is 1.41. The number of nitrogens with one attached hydrogen (secondary N) is 2. The highest BCUT2D eigenvalue weighted by Crippen LogP contribution is 2.31. The number of anilines is 1. The maximum absolute atomic E-state index is 14.7. The molecule has 36 heavy (non-hydrogen) atoms. The third-order valence-corrected chi connectivity index (χ3v) is 5.38. The maximum atomic E-state index is 14.7. The number of carbonyl (C=O) groups is 4. The molecule has 2 aromatic carbocycles. The van der Waals surface area contributed by atoms with Crippen LogP contribution in [-0.2, 0) is 27.5 Å². The van der Waals surface area contributed by atoms with Gasteiger partial charge < -0.3 is 14.4 Å². The molecule has 4 rings (SSSR count). The average Bonchev–Trinajstić information content (AvgIpc) is 3.07. The first-order valence-electron chi connectivity index (χ1n) is 10.4. The van der Waals surface area contributed by atoms with Gasteiger partial charge in [0.1, 0.15) is 30.0 Å². The van der Waals surface area contributed by atoms with Gasteiger partial charge in [-0.15, -0.1) is 13.2 Å². The highest BCUT2D eigenvalue weighted by atomic mass is 19.4. The van der Waals surface area contributed by atoms with Crippen molar-refractivity contribution in [3.8, 4) is 5.75 Å². The van der Waals surface area contributed by atoms with Crippen LogP contribution in [0.5, 0.6) is 5.75 Å². The summed E-state index contributed by atoms with van der Waals surface area (Å²) in [5.41, 5.74) is -0.331. The standard InChI is InChI=1S/C22H16F5N3O6/c23-11-5-12(7-13(6-11)36-22(25,26)27)28-21(34)35-9-10-3-14-15(16(24)4-10)8-30(20(14)33)17-1-2-18(31)29-19(17)32/h3-7,17H,1-2,8-9H2,(H,28,34)(H,29,31,32). The lowest BCUT2D eigenvalue weighted by Gasteiger charge is -2.29. The van der Waals surface area contributed by atoms with Crippen molar-refractivity contribution in [2.24, 2.45) is 0 Å². The summed E-state index contributed by atoms with van der Waals surface area (Å²) in [6.45, 7) is -0.723. The molecule has 190 valence electrons. The topological polar surface area (TPSA) is 114 Å². The third kappa shape index (κ3) is 5.53. The van der Waals surface area contributed by atoms with Gasteiger partial charge in [-0.3, -0.25) is 25.0 Å². The van der Waals surface area contributed by atoms with Crippen molar-refractivity contribution in [2.45, 2.75) is 38.4 Å². The minimum atomic E-state index is -5.07. The summed E-state index contributed by atoms with van der Waals surface area (Å²) in [4.78, 5) is 49.5. The Bertz CT molecular complexity index is 1270. The number of hydrogen-bond donors (Lipinski definition) is 2. The largest absolute Gasteiger partial charge is 0.573 e. The molecule has 2 N–H and O–H groups in total. The summed E-state index contributed by atoms with van der Waals surface area (Å²) in [5.74, 6) is -4.57. The van der Waals surface area contributed by atoms with E-state index in [2.05, 4.69) is 10.1 Å². The quantitative estimate of drug-likeness (QED) is 0.468. The van der Waals surface area contributed by atoms with Crippen molar-refractivity contribution < 1.29 is 50.6 Å². The van der Waals surface area contributed by atoms with E-state index in [4.69, 9.17) is 4.74 Å². The van der Waals surface area contributed by atoms with Crippen LogP contribution in [0.3, 0.4) is 0 Å². The number of ether oxygens (including phenoxy) is 2. The van der Waals surface area contributed by atoms with Crippen molar-refractivity contribution in [3.05, 3.63) is 58.7 Å². The molecule has 0 bridgehead atoms. The average molecular weight is 513 g/mol. The van der Waals surface area contributed by atoms with Gasteiger partial charge in [-0.1, -0.05) is 0 Å². The van der Waals surface area contributed by atoms with Gasteiger partial charge in [-0.05, 0) is 30.2 Å². The minimum Gasteiger partial charge on any atom is -0.444 e. The smallest absolute Gasteiger partial charge is 0.444 e. The number of imide groups is 1. The van der Waals surface area contributed by atoms with E-state index in [0.29, 0.717) is 6.07 Å². The summed E-state index contributed by atoms with van der Waals surface area (Å²) in [6, 6.07) is 3.26. The van der Waals surface area contributed by atoms with Crippen LogP contribution in [0.25, 0.3) is 0 Å². The second-order valence-corrected chi connectivity index (χ2v) is 7.93. The zero-order valence-electron chi connectivity index (χ0n) is 18.1. The van der Waals surface area contributed by atoms with Crippen molar-refractivity contribution in [1.29, 1.82) is 0 Å². The van der Waals surface area contributed by atoms with Gasteiger partial charge in [0.05, 0.1) is 12.2 Å². The second-order valence-electron chi connectivity index (χ2n) is 7.93. The number of alkyl halides is 3. The Morgan fingerprint density at radius 1 is 1.11 bits per heavy atom. The van der Waals surface area contributed by atoms with E-state index in [1.165, 1.54) is 6.07 Å². The molecule has 0 saturated carbocycles. The second kappa shape index (κ2) is 9.43. The Hall–Kier alpha value is -4.23. The van der Waals surface area contributed by atoms with Gasteiger partial charge >= 0.3 is 12.5 Å².